The average molecular weight is 419 g/mol. The van der Waals surface area contributed by atoms with Crippen LogP contribution < -0.4 is 14.4 Å². The zero-order chi connectivity index (χ0) is 21.0. The monoisotopic (exact) mass is 418 g/mol. The highest BCUT2D eigenvalue weighted by atomic mass is 32.2. The van der Waals surface area contributed by atoms with Crippen molar-refractivity contribution in [2.75, 3.05) is 18.5 Å². The third-order valence-corrected chi connectivity index (χ3v) is 7.02. The molecule has 156 valence electrons. The van der Waals surface area contributed by atoms with Crippen molar-refractivity contribution >= 4 is 21.6 Å². The van der Waals surface area contributed by atoms with E-state index in [4.69, 9.17) is 4.74 Å². The van der Waals surface area contributed by atoms with Gasteiger partial charge in [0.2, 0.25) is 0 Å². The highest BCUT2D eigenvalue weighted by Crippen LogP contribution is 2.25. The first-order valence-corrected chi connectivity index (χ1v) is 11.0. The SMILES string of the molecule is COc1ccc(N(C)S(=O)(=O)c2cccc(C(=O)N[C@H]3CCCC[C@@H]3O)c2)cc1. The number of aliphatic hydroxyl groups excluding tert-OH is 1. The number of nitrogens with one attached hydrogen (secondary N) is 1. The van der Waals surface area contributed by atoms with Crippen molar-refractivity contribution < 1.29 is 23.1 Å². The van der Waals surface area contributed by atoms with Gasteiger partial charge in [-0.1, -0.05) is 18.9 Å². The molecule has 0 saturated heterocycles. The molecule has 0 radical (unpaired) electrons. The van der Waals surface area contributed by atoms with E-state index < -0.39 is 16.1 Å². The Morgan fingerprint density at radius 3 is 2.48 bits per heavy atom. The fourth-order valence-electron chi connectivity index (χ4n) is 3.42. The first kappa shape index (κ1) is 21.1. The Kier molecular flexibility index (Phi) is 6.44. The summed E-state index contributed by atoms with van der Waals surface area (Å²) in [6, 6.07) is 12.3. The van der Waals surface area contributed by atoms with Crippen molar-refractivity contribution in [3.05, 3.63) is 54.1 Å². The lowest BCUT2D eigenvalue weighted by Crippen LogP contribution is -2.45. The lowest BCUT2D eigenvalue weighted by Gasteiger charge is -2.28. The fraction of sp³-hybridized carbons (Fsp3) is 0.381. The Morgan fingerprint density at radius 2 is 1.83 bits per heavy atom. The maximum absolute atomic E-state index is 13.0. The quantitative estimate of drug-likeness (QED) is 0.752. The van der Waals surface area contributed by atoms with Crippen LogP contribution in [0.2, 0.25) is 0 Å². The summed E-state index contributed by atoms with van der Waals surface area (Å²) in [5, 5.41) is 12.9. The molecule has 3 rings (SSSR count). The molecule has 1 fully saturated rings. The van der Waals surface area contributed by atoms with Gasteiger partial charge in [-0.15, -0.1) is 0 Å². The number of carbonyl (C=O) groups is 1. The molecule has 0 spiro atoms. The standard InChI is InChI=1S/C21H26N2O5S/c1-23(16-10-12-17(28-2)13-11-16)29(26,27)18-7-5-6-15(14-18)21(25)22-19-8-3-4-9-20(19)24/h5-7,10-14,19-20,24H,3-4,8-9H2,1-2H3,(H,22,25)/t19-,20-/m0/s1. The largest absolute Gasteiger partial charge is 0.497 e. The molecular weight excluding hydrogens is 392 g/mol. The Balaban J connectivity index is 1.80. The number of aliphatic hydroxyl groups is 1. The van der Waals surface area contributed by atoms with Crippen LogP contribution in [0.5, 0.6) is 5.75 Å². The predicted octanol–water partition coefficient (Wildman–Crippen LogP) is 2.55. The first-order valence-electron chi connectivity index (χ1n) is 9.55. The number of sulfonamides is 1. The number of nitrogens with zero attached hydrogens (tertiary/aromatic N) is 1. The summed E-state index contributed by atoms with van der Waals surface area (Å²) in [7, 11) is -0.848. The van der Waals surface area contributed by atoms with Crippen LogP contribution in [0.3, 0.4) is 0 Å². The molecule has 1 aliphatic rings. The number of benzene rings is 2. The van der Waals surface area contributed by atoms with E-state index in [9.17, 15) is 18.3 Å². The Bertz CT molecular complexity index is 959. The van der Waals surface area contributed by atoms with Gasteiger partial charge >= 0.3 is 0 Å². The van der Waals surface area contributed by atoms with E-state index in [0.717, 1.165) is 17.1 Å². The Morgan fingerprint density at radius 1 is 1.14 bits per heavy atom. The number of rotatable bonds is 6. The molecular formula is C21H26N2O5S. The summed E-state index contributed by atoms with van der Waals surface area (Å²) in [5.74, 6) is 0.239. The zero-order valence-electron chi connectivity index (χ0n) is 16.5. The van der Waals surface area contributed by atoms with E-state index in [1.54, 1.807) is 43.5 Å². The molecule has 7 nitrogen and oxygen atoms in total. The van der Waals surface area contributed by atoms with Gasteiger partial charge in [0.05, 0.1) is 29.8 Å². The second kappa shape index (κ2) is 8.84. The second-order valence-corrected chi connectivity index (χ2v) is 9.10. The maximum Gasteiger partial charge on any atom is 0.264 e. The molecule has 29 heavy (non-hydrogen) atoms. The molecule has 2 N–H and O–H groups in total. The lowest BCUT2D eigenvalue weighted by molar-refractivity contribution is 0.0717. The van der Waals surface area contributed by atoms with Gasteiger partial charge in [0, 0.05) is 12.6 Å². The Labute approximate surface area is 171 Å². The minimum Gasteiger partial charge on any atom is -0.497 e. The minimum atomic E-state index is -3.85. The minimum absolute atomic E-state index is 0.0210. The van der Waals surface area contributed by atoms with Crippen molar-refractivity contribution in [2.24, 2.45) is 0 Å². The van der Waals surface area contributed by atoms with Crippen molar-refractivity contribution in [3.8, 4) is 5.75 Å². The molecule has 1 saturated carbocycles. The summed E-state index contributed by atoms with van der Waals surface area (Å²) < 4.78 is 32.3. The number of hydrogen-bond acceptors (Lipinski definition) is 5. The highest BCUT2D eigenvalue weighted by Gasteiger charge is 2.26. The van der Waals surface area contributed by atoms with E-state index >= 15 is 0 Å². The van der Waals surface area contributed by atoms with Crippen LogP contribution in [-0.4, -0.2) is 45.7 Å². The summed E-state index contributed by atoms with van der Waals surface area (Å²) >= 11 is 0. The number of anilines is 1. The van der Waals surface area contributed by atoms with Crippen LogP contribution in [0.1, 0.15) is 36.0 Å². The number of carbonyl (C=O) groups excluding carboxylic acids is 1. The summed E-state index contributed by atoms with van der Waals surface area (Å²) in [5.41, 5.74) is 0.720. The molecule has 0 unspecified atom stereocenters. The van der Waals surface area contributed by atoms with Gasteiger partial charge in [-0.05, 0) is 55.3 Å². The van der Waals surface area contributed by atoms with Gasteiger partial charge in [0.25, 0.3) is 15.9 Å². The lowest BCUT2D eigenvalue weighted by atomic mass is 9.92. The van der Waals surface area contributed by atoms with Gasteiger partial charge in [0.1, 0.15) is 5.75 Å². The second-order valence-electron chi connectivity index (χ2n) is 7.13. The molecule has 0 aromatic heterocycles. The molecule has 2 atom stereocenters. The number of amides is 1. The molecule has 0 bridgehead atoms. The third kappa shape index (κ3) is 4.71. The van der Waals surface area contributed by atoms with E-state index in [1.165, 1.54) is 19.2 Å². The molecule has 8 heteroatoms. The van der Waals surface area contributed by atoms with Crippen molar-refractivity contribution in [3.63, 3.8) is 0 Å². The molecule has 0 aliphatic heterocycles. The third-order valence-electron chi connectivity index (χ3n) is 5.24. The van der Waals surface area contributed by atoms with Crippen LogP contribution in [0.15, 0.2) is 53.4 Å². The van der Waals surface area contributed by atoms with Crippen LogP contribution >= 0.6 is 0 Å². The highest BCUT2D eigenvalue weighted by molar-refractivity contribution is 7.92. The summed E-state index contributed by atoms with van der Waals surface area (Å²) in [6.07, 6.45) is 2.69. The topological polar surface area (TPSA) is 95.9 Å². The summed E-state index contributed by atoms with van der Waals surface area (Å²) in [4.78, 5) is 12.6. The van der Waals surface area contributed by atoms with Gasteiger partial charge in [-0.2, -0.15) is 0 Å². The molecule has 0 heterocycles. The normalized spacial score (nSPS) is 19.4. The summed E-state index contributed by atoms with van der Waals surface area (Å²) in [6.45, 7) is 0. The van der Waals surface area contributed by atoms with Gasteiger partial charge in [-0.3, -0.25) is 9.10 Å². The van der Waals surface area contributed by atoms with Gasteiger partial charge in [-0.25, -0.2) is 8.42 Å². The number of hydrogen-bond donors (Lipinski definition) is 2. The smallest absolute Gasteiger partial charge is 0.264 e. The van der Waals surface area contributed by atoms with E-state index in [2.05, 4.69) is 5.32 Å². The van der Waals surface area contributed by atoms with Crippen LogP contribution in [-0.2, 0) is 10.0 Å². The van der Waals surface area contributed by atoms with E-state index in [1.807, 2.05) is 0 Å². The average Bonchev–Trinajstić information content (AvgIpc) is 2.75. The van der Waals surface area contributed by atoms with Gasteiger partial charge in [0.15, 0.2) is 0 Å². The molecule has 2 aromatic carbocycles. The number of methoxy groups -OCH3 is 1. The number of ether oxygens (including phenoxy) is 1. The Hall–Kier alpha value is -2.58. The van der Waals surface area contributed by atoms with E-state index in [0.29, 0.717) is 24.3 Å². The predicted molar refractivity (Wildman–Crippen MR) is 111 cm³/mol. The first-order chi connectivity index (χ1) is 13.8. The molecule has 1 amide bonds. The van der Waals surface area contributed by atoms with Crippen LogP contribution in [0, 0.1) is 0 Å². The molecule has 1 aliphatic carbocycles. The van der Waals surface area contributed by atoms with Crippen molar-refractivity contribution in [1.29, 1.82) is 0 Å². The van der Waals surface area contributed by atoms with Crippen LogP contribution in [0.4, 0.5) is 5.69 Å². The van der Waals surface area contributed by atoms with E-state index in [-0.39, 0.29) is 22.4 Å². The van der Waals surface area contributed by atoms with Crippen molar-refractivity contribution in [1.82, 2.24) is 5.32 Å². The molecule has 2 aromatic rings. The van der Waals surface area contributed by atoms with Gasteiger partial charge < -0.3 is 15.2 Å². The van der Waals surface area contributed by atoms with Crippen molar-refractivity contribution in [2.45, 2.75) is 42.7 Å². The fourth-order valence-corrected chi connectivity index (χ4v) is 4.66. The maximum atomic E-state index is 13.0. The zero-order valence-corrected chi connectivity index (χ0v) is 17.4. The van der Waals surface area contributed by atoms with Crippen LogP contribution in [0.25, 0.3) is 0 Å².